The van der Waals surface area contributed by atoms with Crippen molar-refractivity contribution in [3.05, 3.63) is 57.9 Å². The average Bonchev–Trinajstić information content (AvgIpc) is 3.06. The molecule has 2 aromatic rings. The minimum absolute atomic E-state index is 0.0857. The number of hydrogen-bond donors (Lipinski definition) is 1. The fourth-order valence-corrected chi connectivity index (χ4v) is 5.58. The molecule has 0 aliphatic heterocycles. The molecule has 3 aliphatic rings. The molecule has 0 spiro atoms. The lowest BCUT2D eigenvalue weighted by atomic mass is 9.63. The lowest BCUT2D eigenvalue weighted by molar-refractivity contribution is -0.118. The average molecular weight is 412 g/mol. The maximum absolute atomic E-state index is 13.6. The summed E-state index contributed by atoms with van der Waals surface area (Å²) in [5.74, 6) is -2.39. The Morgan fingerprint density at radius 2 is 1.90 bits per heavy atom. The number of allylic oxidation sites excluding steroid dienone is 2. The summed E-state index contributed by atoms with van der Waals surface area (Å²) < 4.78 is 32.9. The van der Waals surface area contributed by atoms with Gasteiger partial charge in [-0.05, 0) is 17.9 Å². The number of carbonyl (C=O) groups is 1. The van der Waals surface area contributed by atoms with Crippen molar-refractivity contribution in [1.82, 2.24) is 10.2 Å². The van der Waals surface area contributed by atoms with Gasteiger partial charge in [-0.3, -0.25) is 9.89 Å². The third-order valence-corrected chi connectivity index (χ3v) is 6.82. The molecule has 0 bridgehead atoms. The van der Waals surface area contributed by atoms with E-state index in [1.54, 1.807) is 7.11 Å². The van der Waals surface area contributed by atoms with Crippen molar-refractivity contribution >= 4 is 5.78 Å². The molecule has 30 heavy (non-hydrogen) atoms. The van der Waals surface area contributed by atoms with Crippen LogP contribution in [0.15, 0.2) is 35.4 Å². The van der Waals surface area contributed by atoms with Gasteiger partial charge in [0.1, 0.15) is 5.75 Å². The molecule has 158 valence electrons. The predicted molar refractivity (Wildman–Crippen MR) is 109 cm³/mol. The molecule has 0 radical (unpaired) electrons. The number of rotatable bonds is 3. The summed E-state index contributed by atoms with van der Waals surface area (Å²) >= 11 is 0. The lowest BCUT2D eigenvalue weighted by Crippen LogP contribution is -2.36. The third kappa shape index (κ3) is 2.99. The Hall–Kier alpha value is -2.50. The maximum Gasteiger partial charge on any atom is 0.249 e. The zero-order valence-corrected chi connectivity index (χ0v) is 17.5. The number of nitrogens with one attached hydrogen (secondary N) is 1. The molecule has 4 nitrogen and oxygen atoms in total. The number of hydrogen-bond acceptors (Lipinski definition) is 3. The molecule has 0 amide bonds. The van der Waals surface area contributed by atoms with Crippen molar-refractivity contribution in [2.24, 2.45) is 5.41 Å². The zero-order valence-electron chi connectivity index (χ0n) is 17.5. The minimum Gasteiger partial charge on any atom is -0.496 e. The highest BCUT2D eigenvalue weighted by Crippen LogP contribution is 2.55. The molecule has 1 atom stereocenters. The summed E-state index contributed by atoms with van der Waals surface area (Å²) in [6.07, 6.45) is 1.59. The van der Waals surface area contributed by atoms with Crippen molar-refractivity contribution in [3.63, 3.8) is 0 Å². The fraction of sp³-hybridized carbons (Fsp3) is 0.500. The number of aromatic amines is 1. The molecule has 3 aliphatic carbocycles. The summed E-state index contributed by atoms with van der Waals surface area (Å²) in [4.78, 5) is 13.4. The standard InChI is InChI=1S/C24H26F2N2O2/c1-23(2)9-13-8-16-21(22(28-27-16)14-10-24(25,26)11-14)20(19(13)17(29)12-23)15-6-4-5-7-18(15)30-3/h4-7,14,20H,8-12H2,1-3H3,(H,27,28). The number of fused-ring (bicyclic) bond motifs is 1. The van der Waals surface area contributed by atoms with E-state index in [1.807, 2.05) is 24.3 Å². The molecule has 1 N–H and O–H groups in total. The molecule has 1 unspecified atom stereocenters. The second-order valence-corrected chi connectivity index (χ2v) is 9.77. The van der Waals surface area contributed by atoms with Crippen molar-refractivity contribution in [2.45, 2.75) is 63.7 Å². The van der Waals surface area contributed by atoms with Crippen LogP contribution in [0.25, 0.3) is 0 Å². The van der Waals surface area contributed by atoms with E-state index in [9.17, 15) is 13.6 Å². The second-order valence-electron chi connectivity index (χ2n) is 9.77. The van der Waals surface area contributed by atoms with Crippen LogP contribution >= 0.6 is 0 Å². The number of ether oxygens (including phenoxy) is 1. The van der Waals surface area contributed by atoms with E-state index in [0.717, 1.165) is 34.4 Å². The Morgan fingerprint density at radius 1 is 1.17 bits per heavy atom. The number of ketones is 1. The number of benzene rings is 1. The minimum atomic E-state index is -2.62. The molecule has 5 rings (SSSR count). The Bertz CT molecular complexity index is 1060. The molecule has 1 aromatic carbocycles. The summed E-state index contributed by atoms with van der Waals surface area (Å²) in [7, 11) is 1.62. The van der Waals surface area contributed by atoms with E-state index < -0.39 is 5.92 Å². The first-order chi connectivity index (χ1) is 14.2. The van der Waals surface area contributed by atoms with Crippen LogP contribution in [0.5, 0.6) is 5.75 Å². The van der Waals surface area contributed by atoms with Gasteiger partial charge in [-0.2, -0.15) is 5.10 Å². The molecule has 1 heterocycles. The van der Waals surface area contributed by atoms with Crippen LogP contribution in [-0.2, 0) is 11.2 Å². The van der Waals surface area contributed by atoms with Gasteiger partial charge in [0.05, 0.1) is 12.8 Å². The van der Waals surface area contributed by atoms with Crippen LogP contribution in [0, 0.1) is 5.41 Å². The number of carbonyl (C=O) groups excluding carboxylic acids is 1. The Labute approximate surface area is 174 Å². The number of para-hydroxylation sites is 1. The molecular formula is C24H26F2N2O2. The Balaban J connectivity index is 1.70. The number of H-pyrrole nitrogens is 1. The fourth-order valence-electron chi connectivity index (χ4n) is 5.58. The van der Waals surface area contributed by atoms with Gasteiger partial charge in [-0.1, -0.05) is 37.6 Å². The van der Waals surface area contributed by atoms with Gasteiger partial charge in [-0.25, -0.2) is 8.78 Å². The van der Waals surface area contributed by atoms with Crippen LogP contribution in [0.3, 0.4) is 0 Å². The number of Topliss-reactive ketones (excluding diaryl/α,β-unsaturated/α-hetero) is 1. The van der Waals surface area contributed by atoms with E-state index in [0.29, 0.717) is 24.3 Å². The van der Waals surface area contributed by atoms with Crippen molar-refractivity contribution < 1.29 is 18.3 Å². The molecule has 1 saturated carbocycles. The highest BCUT2D eigenvalue weighted by molar-refractivity contribution is 6.00. The van der Waals surface area contributed by atoms with Gasteiger partial charge in [0.15, 0.2) is 5.78 Å². The van der Waals surface area contributed by atoms with E-state index >= 15 is 0 Å². The smallest absolute Gasteiger partial charge is 0.249 e. The summed E-state index contributed by atoms with van der Waals surface area (Å²) in [6, 6.07) is 7.69. The van der Waals surface area contributed by atoms with Crippen molar-refractivity contribution in [1.29, 1.82) is 0 Å². The van der Waals surface area contributed by atoms with Crippen LogP contribution < -0.4 is 4.74 Å². The summed E-state index contributed by atoms with van der Waals surface area (Å²) in [6.45, 7) is 4.24. The molecule has 6 heteroatoms. The number of alkyl halides is 2. The molecular weight excluding hydrogens is 386 g/mol. The van der Waals surface area contributed by atoms with Crippen molar-refractivity contribution in [2.75, 3.05) is 7.11 Å². The maximum atomic E-state index is 13.6. The van der Waals surface area contributed by atoms with Gasteiger partial charge in [-0.15, -0.1) is 0 Å². The van der Waals surface area contributed by atoms with Gasteiger partial charge in [0.2, 0.25) is 5.92 Å². The first-order valence-corrected chi connectivity index (χ1v) is 10.5. The predicted octanol–water partition coefficient (Wildman–Crippen LogP) is 5.30. The normalized spacial score (nSPS) is 24.8. The Kier molecular flexibility index (Phi) is 4.21. The highest BCUT2D eigenvalue weighted by Gasteiger charge is 2.50. The molecule has 1 fully saturated rings. The molecule has 1 aromatic heterocycles. The quantitative estimate of drug-likeness (QED) is 0.744. The Morgan fingerprint density at radius 3 is 2.60 bits per heavy atom. The monoisotopic (exact) mass is 412 g/mol. The van der Waals surface area contributed by atoms with Crippen molar-refractivity contribution in [3.8, 4) is 5.75 Å². The first-order valence-electron chi connectivity index (χ1n) is 10.5. The topological polar surface area (TPSA) is 55.0 Å². The number of methoxy groups -OCH3 is 1. The van der Waals surface area contributed by atoms with E-state index in [-0.39, 0.29) is 35.9 Å². The summed E-state index contributed by atoms with van der Waals surface area (Å²) in [5.41, 5.74) is 5.31. The number of nitrogens with zero attached hydrogens (tertiary/aromatic N) is 1. The highest BCUT2D eigenvalue weighted by atomic mass is 19.3. The van der Waals surface area contributed by atoms with Crippen LogP contribution in [0.2, 0.25) is 0 Å². The largest absolute Gasteiger partial charge is 0.496 e. The third-order valence-electron chi connectivity index (χ3n) is 6.82. The lowest BCUT2D eigenvalue weighted by Gasteiger charge is -2.40. The second kappa shape index (κ2) is 6.50. The number of halogens is 2. The number of aromatic nitrogens is 2. The SMILES string of the molecule is COc1ccccc1C1C2=C(Cc3[nH]nc(C4CC(F)(F)C4)c31)CC(C)(C)CC2=O. The van der Waals surface area contributed by atoms with Crippen LogP contribution in [0.4, 0.5) is 8.78 Å². The van der Waals surface area contributed by atoms with Gasteiger partial charge in [0.25, 0.3) is 0 Å². The van der Waals surface area contributed by atoms with Crippen LogP contribution in [0.1, 0.15) is 73.9 Å². The zero-order chi connectivity index (χ0) is 21.3. The molecule has 0 saturated heterocycles. The van der Waals surface area contributed by atoms with Gasteiger partial charge in [0, 0.05) is 59.9 Å². The summed E-state index contributed by atoms with van der Waals surface area (Å²) in [5, 5.41) is 7.63. The first kappa shape index (κ1) is 19.5. The van der Waals surface area contributed by atoms with Gasteiger partial charge < -0.3 is 4.74 Å². The van der Waals surface area contributed by atoms with Gasteiger partial charge >= 0.3 is 0 Å². The van der Waals surface area contributed by atoms with E-state index in [1.165, 1.54) is 0 Å². The van der Waals surface area contributed by atoms with E-state index in [2.05, 4.69) is 24.0 Å². The van der Waals surface area contributed by atoms with Crippen LogP contribution in [-0.4, -0.2) is 29.0 Å². The van der Waals surface area contributed by atoms with E-state index in [4.69, 9.17) is 4.74 Å².